The smallest absolute Gasteiger partial charge is 0.405 e. The van der Waals surface area contributed by atoms with Crippen LogP contribution in [0.5, 0.6) is 11.5 Å². The predicted molar refractivity (Wildman–Crippen MR) is 132 cm³/mol. The lowest BCUT2D eigenvalue weighted by Gasteiger charge is -2.27. The molecule has 0 bridgehead atoms. The van der Waals surface area contributed by atoms with Gasteiger partial charge in [0.05, 0.1) is 12.7 Å². The Hall–Kier alpha value is -1.97. The molecule has 1 N–H and O–H groups in total. The first-order valence-electron chi connectivity index (χ1n) is 12.3. The average Bonchev–Trinajstić information content (AvgIpc) is 3.45. The van der Waals surface area contributed by atoms with Crippen molar-refractivity contribution in [2.75, 3.05) is 13.2 Å². The van der Waals surface area contributed by atoms with Crippen molar-refractivity contribution < 1.29 is 37.3 Å². The van der Waals surface area contributed by atoms with Crippen LogP contribution < -0.4 is 14.1 Å². The van der Waals surface area contributed by atoms with Crippen LogP contribution >= 0.6 is 7.75 Å². The molecule has 3 saturated heterocycles. The molecule has 2 aromatic rings. The molecule has 0 spiro atoms. The molecule has 0 unspecified atom stereocenters. The van der Waals surface area contributed by atoms with E-state index in [0.29, 0.717) is 31.1 Å². The van der Waals surface area contributed by atoms with Gasteiger partial charge in [-0.2, -0.15) is 0 Å². The summed E-state index contributed by atoms with van der Waals surface area (Å²) in [5, 5.41) is 3.00. The molecule has 3 heterocycles. The Kier molecular flexibility index (Phi) is 7.18. The molecular formula is C26H34NO8P. The van der Waals surface area contributed by atoms with Crippen molar-refractivity contribution in [1.29, 1.82) is 0 Å². The van der Waals surface area contributed by atoms with E-state index in [-0.39, 0.29) is 30.5 Å². The summed E-state index contributed by atoms with van der Waals surface area (Å²) < 4.78 is 55.9. The van der Waals surface area contributed by atoms with E-state index < -0.39 is 19.3 Å². The van der Waals surface area contributed by atoms with E-state index in [4.69, 9.17) is 32.7 Å². The largest absolute Gasteiger partial charge is 0.512 e. The molecule has 9 nitrogen and oxygen atoms in total. The van der Waals surface area contributed by atoms with Gasteiger partial charge in [0.25, 0.3) is 0 Å². The van der Waals surface area contributed by atoms with Crippen LogP contribution in [0, 0.1) is 0 Å². The number of hydrogen-bond donors (Lipinski definition) is 1. The SMILES string of the molecule is CC1(C)O[C@@H]2[C@H](O1)[C@@H](CCNP(=O)(Oc1ccccc1)Oc1ccccc1)O[C@@H]2[C@H]1COC(C)(C)O1. The van der Waals surface area contributed by atoms with Crippen LogP contribution in [0.15, 0.2) is 60.7 Å². The highest BCUT2D eigenvalue weighted by Crippen LogP contribution is 2.46. The minimum Gasteiger partial charge on any atom is -0.405 e. The number of ether oxygens (including phenoxy) is 5. The summed E-state index contributed by atoms with van der Waals surface area (Å²) in [4.78, 5) is 0. The van der Waals surface area contributed by atoms with Crippen molar-refractivity contribution in [3.8, 4) is 11.5 Å². The molecule has 36 heavy (non-hydrogen) atoms. The maximum Gasteiger partial charge on any atom is 0.512 e. The summed E-state index contributed by atoms with van der Waals surface area (Å²) in [6, 6.07) is 17.9. The Balaban J connectivity index is 1.26. The van der Waals surface area contributed by atoms with Crippen molar-refractivity contribution in [2.24, 2.45) is 0 Å². The van der Waals surface area contributed by atoms with Crippen molar-refractivity contribution in [2.45, 2.75) is 76.2 Å². The molecule has 10 heteroatoms. The van der Waals surface area contributed by atoms with Crippen LogP contribution in [0.1, 0.15) is 34.1 Å². The molecule has 3 fully saturated rings. The first kappa shape index (κ1) is 25.7. The zero-order chi connectivity index (χ0) is 25.4. The zero-order valence-electron chi connectivity index (χ0n) is 21.0. The lowest BCUT2D eigenvalue weighted by molar-refractivity contribution is -0.206. The number of fused-ring (bicyclic) bond motifs is 1. The van der Waals surface area contributed by atoms with E-state index in [2.05, 4.69) is 5.09 Å². The number of rotatable bonds is 9. The molecule has 0 radical (unpaired) electrons. The van der Waals surface area contributed by atoms with Crippen LogP contribution in [-0.4, -0.2) is 55.2 Å². The van der Waals surface area contributed by atoms with E-state index in [0.717, 1.165) is 0 Å². The molecule has 0 aliphatic carbocycles. The normalized spacial score (nSPS) is 30.7. The van der Waals surface area contributed by atoms with Crippen LogP contribution in [0.2, 0.25) is 0 Å². The summed E-state index contributed by atoms with van der Waals surface area (Å²) >= 11 is 0. The highest BCUT2D eigenvalue weighted by atomic mass is 31.2. The quantitative estimate of drug-likeness (QED) is 0.474. The van der Waals surface area contributed by atoms with Crippen molar-refractivity contribution >= 4 is 7.75 Å². The molecular weight excluding hydrogens is 485 g/mol. The number of hydrogen-bond acceptors (Lipinski definition) is 8. The second-order valence-corrected chi connectivity index (χ2v) is 11.8. The Labute approximate surface area is 211 Å². The fourth-order valence-corrected chi connectivity index (χ4v) is 6.16. The zero-order valence-corrected chi connectivity index (χ0v) is 21.9. The number of para-hydroxylation sites is 2. The molecule has 3 aliphatic rings. The van der Waals surface area contributed by atoms with Crippen LogP contribution in [0.4, 0.5) is 0 Å². The van der Waals surface area contributed by atoms with Crippen molar-refractivity contribution in [3.63, 3.8) is 0 Å². The molecule has 196 valence electrons. The van der Waals surface area contributed by atoms with E-state index in [1.165, 1.54) is 0 Å². The summed E-state index contributed by atoms with van der Waals surface area (Å²) in [6.45, 7) is 8.27. The Morgan fingerprint density at radius 1 is 0.833 bits per heavy atom. The van der Waals surface area contributed by atoms with Crippen molar-refractivity contribution in [1.82, 2.24) is 5.09 Å². The van der Waals surface area contributed by atoms with Gasteiger partial charge in [-0.15, -0.1) is 0 Å². The van der Waals surface area contributed by atoms with Crippen molar-refractivity contribution in [3.05, 3.63) is 60.7 Å². The number of benzene rings is 2. The lowest BCUT2D eigenvalue weighted by atomic mass is 10.0. The lowest BCUT2D eigenvalue weighted by Crippen LogP contribution is -2.40. The fourth-order valence-electron chi connectivity index (χ4n) is 4.79. The molecule has 2 aromatic carbocycles. The van der Waals surface area contributed by atoms with Gasteiger partial charge in [0.2, 0.25) is 0 Å². The monoisotopic (exact) mass is 519 g/mol. The molecule has 3 aliphatic heterocycles. The van der Waals surface area contributed by atoms with E-state index in [1.54, 1.807) is 24.3 Å². The Bertz CT molecular complexity index is 1020. The third kappa shape index (κ3) is 5.94. The Morgan fingerprint density at radius 3 is 1.97 bits per heavy atom. The molecule has 5 rings (SSSR count). The average molecular weight is 520 g/mol. The molecule has 0 aromatic heterocycles. The molecule has 5 atom stereocenters. The van der Waals surface area contributed by atoms with Crippen LogP contribution in [-0.2, 0) is 28.2 Å². The van der Waals surface area contributed by atoms with E-state index in [9.17, 15) is 4.57 Å². The van der Waals surface area contributed by atoms with Gasteiger partial charge in [-0.05, 0) is 58.4 Å². The minimum absolute atomic E-state index is 0.267. The second kappa shape index (κ2) is 10.1. The predicted octanol–water partition coefficient (Wildman–Crippen LogP) is 4.67. The fraction of sp³-hybridized carbons (Fsp3) is 0.538. The minimum atomic E-state index is -3.75. The van der Waals surface area contributed by atoms with Gasteiger partial charge in [-0.3, -0.25) is 0 Å². The standard InChI is InChI=1S/C26H34NO8P/c1-25(2)29-17-21(31-25)22-24-23(32-26(3,4)33-24)20(30-22)15-16-27-36(28,34-18-11-7-5-8-12-18)35-19-13-9-6-10-14-19/h5-14,20-24H,15-17H2,1-4H3,(H,27,28)/t20-,21-,22-,23-,24+/m1/s1. The highest BCUT2D eigenvalue weighted by molar-refractivity contribution is 7.52. The first-order valence-corrected chi connectivity index (χ1v) is 13.8. The maximum atomic E-state index is 13.7. The van der Waals surface area contributed by atoms with Gasteiger partial charge in [-0.1, -0.05) is 36.4 Å². The molecule has 0 amide bonds. The second-order valence-electron chi connectivity index (χ2n) is 10.1. The van der Waals surface area contributed by atoms with Gasteiger partial charge in [0.15, 0.2) is 11.6 Å². The summed E-state index contributed by atoms with van der Waals surface area (Å²) in [7, 11) is -3.75. The molecule has 0 saturated carbocycles. The first-order chi connectivity index (χ1) is 17.1. The Morgan fingerprint density at radius 2 is 1.42 bits per heavy atom. The summed E-state index contributed by atoms with van der Waals surface area (Å²) in [5.41, 5.74) is 0. The third-order valence-electron chi connectivity index (χ3n) is 6.25. The van der Waals surface area contributed by atoms with E-state index >= 15 is 0 Å². The maximum absolute atomic E-state index is 13.7. The van der Waals surface area contributed by atoms with Crippen LogP contribution in [0.3, 0.4) is 0 Å². The van der Waals surface area contributed by atoms with E-state index in [1.807, 2.05) is 64.1 Å². The van der Waals surface area contributed by atoms with Gasteiger partial charge in [0, 0.05) is 6.54 Å². The summed E-state index contributed by atoms with van der Waals surface area (Å²) in [5.74, 6) is -0.525. The number of nitrogens with one attached hydrogen (secondary N) is 1. The van der Waals surface area contributed by atoms with Gasteiger partial charge in [-0.25, -0.2) is 9.65 Å². The van der Waals surface area contributed by atoms with Gasteiger partial charge < -0.3 is 32.7 Å². The van der Waals surface area contributed by atoms with Gasteiger partial charge >= 0.3 is 7.75 Å². The third-order valence-corrected chi connectivity index (χ3v) is 7.77. The highest BCUT2D eigenvalue weighted by Gasteiger charge is 2.58. The van der Waals surface area contributed by atoms with Crippen LogP contribution in [0.25, 0.3) is 0 Å². The summed E-state index contributed by atoms with van der Waals surface area (Å²) in [6.07, 6.45) is -0.991. The van der Waals surface area contributed by atoms with Gasteiger partial charge in [0.1, 0.15) is 35.9 Å². The topological polar surface area (TPSA) is 93.7 Å².